The third-order valence-electron chi connectivity index (χ3n) is 10.8. The molecule has 0 radical (unpaired) electrons. The molecule has 2 aromatic carbocycles. The highest BCUT2D eigenvalue weighted by atomic mass is 16.2. The maximum atomic E-state index is 14.0. The predicted molar refractivity (Wildman–Crippen MR) is 181 cm³/mol. The summed E-state index contributed by atoms with van der Waals surface area (Å²) in [4.78, 5) is 51.5. The van der Waals surface area contributed by atoms with Crippen molar-refractivity contribution in [1.29, 1.82) is 0 Å². The fourth-order valence-corrected chi connectivity index (χ4v) is 7.58. The molecule has 0 saturated carbocycles. The monoisotopic (exact) mass is 629 g/mol. The van der Waals surface area contributed by atoms with Gasteiger partial charge in [-0.25, -0.2) is 9.59 Å². The third-order valence-corrected chi connectivity index (χ3v) is 10.8. The van der Waals surface area contributed by atoms with E-state index in [-0.39, 0.29) is 24.0 Å². The Morgan fingerprint density at radius 1 is 0.826 bits per heavy atom. The van der Waals surface area contributed by atoms with Gasteiger partial charge >= 0.3 is 12.1 Å². The maximum Gasteiger partial charge on any atom is 0.322 e. The van der Waals surface area contributed by atoms with Gasteiger partial charge in [0.05, 0.1) is 0 Å². The van der Waals surface area contributed by atoms with Crippen molar-refractivity contribution in [3.8, 4) is 0 Å². The fourth-order valence-electron chi connectivity index (χ4n) is 7.58. The number of aryl methyl sites for hydroxylation is 2. The Labute approximate surface area is 274 Å². The molecule has 4 aliphatic heterocycles. The van der Waals surface area contributed by atoms with E-state index in [1.807, 2.05) is 32.9 Å². The number of benzene rings is 2. The van der Waals surface area contributed by atoms with Gasteiger partial charge in [0.25, 0.3) is 0 Å². The minimum atomic E-state index is -0.623. The average Bonchev–Trinajstić information content (AvgIpc) is 3.24. The number of para-hydroxylation sites is 1. The van der Waals surface area contributed by atoms with Crippen molar-refractivity contribution in [2.45, 2.75) is 70.5 Å². The van der Waals surface area contributed by atoms with Crippen molar-refractivity contribution in [2.24, 2.45) is 0 Å². The van der Waals surface area contributed by atoms with E-state index in [0.29, 0.717) is 44.9 Å². The number of nitrogens with zero attached hydrogens (tertiary/aromatic N) is 5. The molecular weight excluding hydrogens is 578 g/mol. The number of carbonyl (C=O) groups excluding carboxylic acids is 3. The molecule has 0 spiro atoms. The van der Waals surface area contributed by atoms with Crippen LogP contribution in [0.4, 0.5) is 15.3 Å². The Morgan fingerprint density at radius 2 is 1.50 bits per heavy atom. The molecule has 0 aliphatic carbocycles. The van der Waals surface area contributed by atoms with Gasteiger partial charge in [-0.3, -0.25) is 9.69 Å². The van der Waals surface area contributed by atoms with Gasteiger partial charge in [-0.2, -0.15) is 0 Å². The number of piperidine rings is 2. The van der Waals surface area contributed by atoms with Gasteiger partial charge in [0.15, 0.2) is 0 Å². The summed E-state index contributed by atoms with van der Waals surface area (Å²) in [5.74, 6) is 0.0131. The Bertz CT molecular complexity index is 1390. The van der Waals surface area contributed by atoms with Crippen molar-refractivity contribution in [3.63, 3.8) is 0 Å². The standard InChI is InChI=1S/C36H51N7O3/c1-26-8-9-28(24-27(26)2)25-33(34(44)41-15-11-30(12-16-41)40-22-20-39(3)21-23-40)38-35(45)42-17-13-31(14-18-42)43-19-10-29-6-4-5-7-32(29)37-36(43)46/h4-9,24,30-31,33H,10-23,25H2,1-3H3,(H,37,46)(H,38,45). The second-order valence-corrected chi connectivity index (χ2v) is 13.8. The van der Waals surface area contributed by atoms with Crippen LogP contribution in [0, 0.1) is 13.8 Å². The van der Waals surface area contributed by atoms with Crippen LogP contribution in [0.15, 0.2) is 42.5 Å². The smallest absolute Gasteiger partial charge is 0.322 e. The highest BCUT2D eigenvalue weighted by Crippen LogP contribution is 2.25. The molecule has 248 valence electrons. The molecule has 6 rings (SSSR count). The van der Waals surface area contributed by atoms with E-state index in [4.69, 9.17) is 0 Å². The second-order valence-electron chi connectivity index (χ2n) is 13.8. The first-order valence-corrected chi connectivity index (χ1v) is 17.2. The summed E-state index contributed by atoms with van der Waals surface area (Å²) in [7, 11) is 2.18. The number of urea groups is 2. The predicted octanol–water partition coefficient (Wildman–Crippen LogP) is 3.72. The summed E-state index contributed by atoms with van der Waals surface area (Å²) in [6.45, 7) is 11.8. The van der Waals surface area contributed by atoms with E-state index in [1.165, 1.54) is 11.1 Å². The number of amides is 5. The maximum absolute atomic E-state index is 14.0. The molecule has 46 heavy (non-hydrogen) atoms. The fraction of sp³-hybridized carbons (Fsp3) is 0.583. The van der Waals surface area contributed by atoms with E-state index in [9.17, 15) is 14.4 Å². The quantitative estimate of drug-likeness (QED) is 0.509. The van der Waals surface area contributed by atoms with Crippen molar-refractivity contribution >= 4 is 23.7 Å². The van der Waals surface area contributed by atoms with Crippen LogP contribution in [0.3, 0.4) is 0 Å². The number of anilines is 1. The molecule has 3 fully saturated rings. The lowest BCUT2D eigenvalue weighted by atomic mass is 9.98. The van der Waals surface area contributed by atoms with Gasteiger partial charge in [0.1, 0.15) is 6.04 Å². The number of hydrogen-bond donors (Lipinski definition) is 2. The third kappa shape index (κ3) is 7.50. The number of carbonyl (C=O) groups is 3. The van der Waals surface area contributed by atoms with E-state index >= 15 is 0 Å². The molecule has 10 heteroatoms. The Balaban J connectivity index is 1.07. The van der Waals surface area contributed by atoms with Gasteiger partial charge in [-0.1, -0.05) is 36.4 Å². The van der Waals surface area contributed by atoms with Crippen LogP contribution in [0.25, 0.3) is 0 Å². The van der Waals surface area contributed by atoms with Crippen LogP contribution < -0.4 is 10.6 Å². The molecule has 0 bridgehead atoms. The lowest BCUT2D eigenvalue weighted by molar-refractivity contribution is -0.135. The lowest BCUT2D eigenvalue weighted by Crippen LogP contribution is -2.58. The van der Waals surface area contributed by atoms with Crippen LogP contribution in [-0.4, -0.2) is 127 Å². The molecule has 10 nitrogen and oxygen atoms in total. The van der Waals surface area contributed by atoms with Gasteiger partial charge in [-0.15, -0.1) is 0 Å². The second kappa shape index (κ2) is 14.4. The first-order valence-electron chi connectivity index (χ1n) is 17.2. The molecule has 1 unspecified atom stereocenters. The summed E-state index contributed by atoms with van der Waals surface area (Å²) in [5, 5.41) is 6.23. The molecule has 4 heterocycles. The topological polar surface area (TPSA) is 91.5 Å². The molecule has 2 N–H and O–H groups in total. The van der Waals surface area contributed by atoms with Gasteiger partial charge in [0.2, 0.25) is 5.91 Å². The number of hydrogen-bond acceptors (Lipinski definition) is 5. The number of rotatable bonds is 6. The SMILES string of the molecule is Cc1ccc(CC(NC(=O)N2CCC(N3CCc4ccccc4NC3=O)CC2)C(=O)N2CCC(N3CCN(C)CC3)CC2)cc1C. The molecule has 1 atom stereocenters. The van der Waals surface area contributed by atoms with Crippen LogP contribution in [0.1, 0.15) is 47.9 Å². The normalized spacial score (nSPS) is 21.4. The lowest BCUT2D eigenvalue weighted by Gasteiger charge is -2.42. The molecule has 4 aliphatic rings. The molecule has 5 amide bonds. The summed E-state index contributed by atoms with van der Waals surface area (Å²) >= 11 is 0. The summed E-state index contributed by atoms with van der Waals surface area (Å²) in [5.41, 5.74) is 5.49. The van der Waals surface area contributed by atoms with E-state index in [1.54, 1.807) is 0 Å². The highest BCUT2D eigenvalue weighted by molar-refractivity contribution is 5.91. The van der Waals surface area contributed by atoms with Crippen LogP contribution >= 0.6 is 0 Å². The van der Waals surface area contributed by atoms with E-state index < -0.39 is 6.04 Å². The van der Waals surface area contributed by atoms with Crippen LogP contribution in [0.5, 0.6) is 0 Å². The highest BCUT2D eigenvalue weighted by Gasteiger charge is 2.35. The number of piperazine rings is 1. The Morgan fingerprint density at radius 3 is 2.22 bits per heavy atom. The van der Waals surface area contributed by atoms with E-state index in [2.05, 4.69) is 65.6 Å². The summed E-state index contributed by atoms with van der Waals surface area (Å²) < 4.78 is 0. The van der Waals surface area contributed by atoms with Crippen LogP contribution in [0.2, 0.25) is 0 Å². The molecule has 0 aromatic heterocycles. The largest absolute Gasteiger partial charge is 0.341 e. The molecular formula is C36H51N7O3. The molecule has 2 aromatic rings. The van der Waals surface area contributed by atoms with Gasteiger partial charge < -0.3 is 30.2 Å². The van der Waals surface area contributed by atoms with Gasteiger partial charge in [-0.05, 0) is 81.3 Å². The minimum absolute atomic E-state index is 0.0131. The first-order chi connectivity index (χ1) is 22.2. The van der Waals surface area contributed by atoms with Crippen molar-refractivity contribution in [1.82, 2.24) is 29.8 Å². The Hall–Kier alpha value is -3.63. The number of likely N-dealkylation sites (N-methyl/N-ethyl adjacent to an activating group) is 1. The zero-order valence-corrected chi connectivity index (χ0v) is 27.8. The summed E-state index contributed by atoms with van der Waals surface area (Å²) in [6, 6.07) is 14.0. The van der Waals surface area contributed by atoms with Crippen molar-refractivity contribution in [3.05, 3.63) is 64.7 Å². The summed E-state index contributed by atoms with van der Waals surface area (Å²) in [6.07, 6.45) is 4.66. The average molecular weight is 630 g/mol. The number of likely N-dealkylation sites (tertiary alicyclic amines) is 2. The molecule has 3 saturated heterocycles. The van der Waals surface area contributed by atoms with Crippen molar-refractivity contribution in [2.75, 3.05) is 71.3 Å². The van der Waals surface area contributed by atoms with E-state index in [0.717, 1.165) is 75.3 Å². The minimum Gasteiger partial charge on any atom is -0.341 e. The van der Waals surface area contributed by atoms with Gasteiger partial charge in [0, 0.05) is 83.1 Å². The Kier molecular flexibility index (Phi) is 10.1. The first kappa shape index (κ1) is 32.3. The number of fused-ring (bicyclic) bond motifs is 1. The zero-order valence-electron chi connectivity index (χ0n) is 27.8. The van der Waals surface area contributed by atoms with Crippen molar-refractivity contribution < 1.29 is 14.4 Å². The number of nitrogens with one attached hydrogen (secondary N) is 2. The zero-order chi connectivity index (χ0) is 32.2. The van der Waals surface area contributed by atoms with Crippen LogP contribution in [-0.2, 0) is 17.6 Å².